The number of hydrogen-bond acceptors (Lipinski definition) is 3. The van der Waals surface area contributed by atoms with Gasteiger partial charge >= 0.3 is 5.97 Å². The summed E-state index contributed by atoms with van der Waals surface area (Å²) in [6.45, 7) is 7.04. The van der Waals surface area contributed by atoms with Crippen molar-refractivity contribution in [1.82, 2.24) is 14.9 Å². The van der Waals surface area contributed by atoms with Crippen LogP contribution in [0.2, 0.25) is 0 Å². The van der Waals surface area contributed by atoms with Crippen molar-refractivity contribution in [1.29, 1.82) is 0 Å². The number of rotatable bonds is 7. The Hall–Kier alpha value is -1.36. The monoisotopic (exact) mass is 239 g/mol. The molecule has 0 amide bonds. The highest BCUT2D eigenvalue weighted by Crippen LogP contribution is 2.12. The van der Waals surface area contributed by atoms with Gasteiger partial charge in [0, 0.05) is 18.9 Å². The van der Waals surface area contributed by atoms with Gasteiger partial charge in [0.15, 0.2) is 0 Å². The molecule has 17 heavy (non-hydrogen) atoms. The van der Waals surface area contributed by atoms with Gasteiger partial charge in [0.25, 0.3) is 0 Å². The molecular formula is C12H21N3O2. The standard InChI is InChI=1S/C12H21N3O2/c1-4-6-14-12(3,11(16)17)5-8-15-9-7-13-10(15)2/h7,9,14H,4-6,8H2,1-3H3,(H,16,17). The third-order valence-corrected chi connectivity index (χ3v) is 3.01. The first-order valence-electron chi connectivity index (χ1n) is 5.96. The highest BCUT2D eigenvalue weighted by Gasteiger charge is 2.31. The van der Waals surface area contributed by atoms with E-state index in [2.05, 4.69) is 10.3 Å². The lowest BCUT2D eigenvalue weighted by molar-refractivity contribution is -0.144. The van der Waals surface area contributed by atoms with Crippen LogP contribution in [-0.2, 0) is 11.3 Å². The highest BCUT2D eigenvalue weighted by molar-refractivity contribution is 5.78. The summed E-state index contributed by atoms with van der Waals surface area (Å²) >= 11 is 0. The van der Waals surface area contributed by atoms with Gasteiger partial charge in [-0.3, -0.25) is 4.79 Å². The van der Waals surface area contributed by atoms with Crippen molar-refractivity contribution >= 4 is 5.97 Å². The van der Waals surface area contributed by atoms with Crippen LogP contribution < -0.4 is 5.32 Å². The summed E-state index contributed by atoms with van der Waals surface area (Å²) in [5.74, 6) is 0.108. The molecule has 5 nitrogen and oxygen atoms in total. The van der Waals surface area contributed by atoms with E-state index in [4.69, 9.17) is 0 Å². The molecule has 0 aliphatic rings. The van der Waals surface area contributed by atoms with E-state index in [0.29, 0.717) is 19.5 Å². The summed E-state index contributed by atoms with van der Waals surface area (Å²) in [5.41, 5.74) is -0.868. The molecule has 0 bridgehead atoms. The summed E-state index contributed by atoms with van der Waals surface area (Å²) < 4.78 is 1.97. The molecule has 0 saturated heterocycles. The summed E-state index contributed by atoms with van der Waals surface area (Å²) in [5, 5.41) is 12.4. The van der Waals surface area contributed by atoms with E-state index in [0.717, 1.165) is 12.2 Å². The molecular weight excluding hydrogens is 218 g/mol. The lowest BCUT2D eigenvalue weighted by atomic mass is 9.97. The normalized spacial score (nSPS) is 14.5. The third-order valence-electron chi connectivity index (χ3n) is 3.01. The van der Waals surface area contributed by atoms with Gasteiger partial charge in [0.1, 0.15) is 11.4 Å². The second kappa shape index (κ2) is 5.82. The molecule has 0 saturated carbocycles. The minimum absolute atomic E-state index is 0.541. The molecule has 5 heteroatoms. The molecule has 1 aromatic rings. The van der Waals surface area contributed by atoms with Gasteiger partial charge in [-0.05, 0) is 33.2 Å². The van der Waals surface area contributed by atoms with Crippen LogP contribution in [0.1, 0.15) is 32.5 Å². The largest absolute Gasteiger partial charge is 0.480 e. The number of hydrogen-bond donors (Lipinski definition) is 2. The molecule has 0 spiro atoms. The SMILES string of the molecule is CCCNC(C)(CCn1ccnc1C)C(=O)O. The van der Waals surface area contributed by atoms with Crippen LogP contribution in [0, 0.1) is 6.92 Å². The number of imidazole rings is 1. The Bertz CT molecular complexity index is 376. The van der Waals surface area contributed by atoms with Crippen molar-refractivity contribution < 1.29 is 9.90 Å². The summed E-state index contributed by atoms with van der Waals surface area (Å²) in [6.07, 6.45) is 5.07. The van der Waals surface area contributed by atoms with Crippen molar-refractivity contribution in [3.63, 3.8) is 0 Å². The van der Waals surface area contributed by atoms with E-state index in [9.17, 15) is 9.90 Å². The lowest BCUT2D eigenvalue weighted by Gasteiger charge is -2.26. The second-order valence-corrected chi connectivity index (χ2v) is 4.48. The molecule has 1 heterocycles. The van der Waals surface area contributed by atoms with Crippen LogP contribution in [0.15, 0.2) is 12.4 Å². The van der Waals surface area contributed by atoms with E-state index < -0.39 is 11.5 Å². The number of nitrogens with zero attached hydrogens (tertiary/aromatic N) is 2. The van der Waals surface area contributed by atoms with Crippen molar-refractivity contribution in [2.45, 2.75) is 45.7 Å². The Labute approximate surface area is 102 Å². The zero-order valence-electron chi connectivity index (χ0n) is 10.7. The van der Waals surface area contributed by atoms with Gasteiger partial charge in [-0.1, -0.05) is 6.92 Å². The van der Waals surface area contributed by atoms with Gasteiger partial charge in [-0.15, -0.1) is 0 Å². The van der Waals surface area contributed by atoms with Crippen molar-refractivity contribution in [2.75, 3.05) is 6.54 Å². The maximum atomic E-state index is 11.3. The Balaban J connectivity index is 2.61. The number of carboxylic acid groups (broad SMARTS) is 1. The fraction of sp³-hybridized carbons (Fsp3) is 0.667. The molecule has 1 rings (SSSR count). The first-order valence-corrected chi connectivity index (χ1v) is 5.96. The first kappa shape index (κ1) is 13.7. The number of nitrogens with one attached hydrogen (secondary N) is 1. The Morgan fingerprint density at radius 2 is 2.35 bits per heavy atom. The lowest BCUT2D eigenvalue weighted by Crippen LogP contribution is -2.50. The predicted octanol–water partition coefficient (Wildman–Crippen LogP) is 1.42. The molecule has 0 radical (unpaired) electrons. The summed E-state index contributed by atoms with van der Waals surface area (Å²) in [4.78, 5) is 15.4. The number of aliphatic carboxylic acids is 1. The highest BCUT2D eigenvalue weighted by atomic mass is 16.4. The summed E-state index contributed by atoms with van der Waals surface area (Å²) in [6, 6.07) is 0. The Morgan fingerprint density at radius 1 is 1.65 bits per heavy atom. The molecule has 0 aromatic carbocycles. The first-order chi connectivity index (χ1) is 7.99. The number of carbonyl (C=O) groups is 1. The molecule has 1 unspecified atom stereocenters. The topological polar surface area (TPSA) is 67.2 Å². The maximum Gasteiger partial charge on any atom is 0.323 e. The third kappa shape index (κ3) is 3.56. The van der Waals surface area contributed by atoms with Gasteiger partial charge in [-0.25, -0.2) is 4.98 Å². The minimum Gasteiger partial charge on any atom is -0.480 e. The number of aryl methyl sites for hydroxylation is 2. The van der Waals surface area contributed by atoms with Crippen molar-refractivity contribution in [2.24, 2.45) is 0 Å². The molecule has 1 atom stereocenters. The van der Waals surface area contributed by atoms with Crippen molar-refractivity contribution in [3.8, 4) is 0 Å². The fourth-order valence-electron chi connectivity index (χ4n) is 1.66. The van der Waals surface area contributed by atoms with Gasteiger partial charge in [0.05, 0.1) is 0 Å². The van der Waals surface area contributed by atoms with E-state index >= 15 is 0 Å². The van der Waals surface area contributed by atoms with Crippen LogP contribution in [0.5, 0.6) is 0 Å². The molecule has 1 aromatic heterocycles. The molecule has 0 fully saturated rings. The van der Waals surface area contributed by atoms with Crippen LogP contribution in [-0.4, -0.2) is 32.7 Å². The Morgan fingerprint density at radius 3 is 2.82 bits per heavy atom. The fourth-order valence-corrected chi connectivity index (χ4v) is 1.66. The van der Waals surface area contributed by atoms with Crippen LogP contribution in [0.25, 0.3) is 0 Å². The Kier molecular flexibility index (Phi) is 4.69. The maximum absolute atomic E-state index is 11.3. The van der Waals surface area contributed by atoms with Crippen molar-refractivity contribution in [3.05, 3.63) is 18.2 Å². The average Bonchev–Trinajstić information content (AvgIpc) is 2.69. The molecule has 0 aliphatic carbocycles. The quantitative estimate of drug-likeness (QED) is 0.755. The average molecular weight is 239 g/mol. The zero-order chi connectivity index (χ0) is 12.9. The van der Waals surface area contributed by atoms with Crippen LogP contribution >= 0.6 is 0 Å². The predicted molar refractivity (Wildman–Crippen MR) is 65.9 cm³/mol. The van der Waals surface area contributed by atoms with Gasteiger partial charge in [0.2, 0.25) is 0 Å². The van der Waals surface area contributed by atoms with Crippen LogP contribution in [0.3, 0.4) is 0 Å². The molecule has 0 aliphatic heterocycles. The van der Waals surface area contributed by atoms with Gasteiger partial charge in [-0.2, -0.15) is 0 Å². The molecule has 96 valence electrons. The van der Waals surface area contributed by atoms with E-state index in [1.807, 2.05) is 24.6 Å². The number of aromatic nitrogens is 2. The second-order valence-electron chi connectivity index (χ2n) is 4.48. The summed E-state index contributed by atoms with van der Waals surface area (Å²) in [7, 11) is 0. The zero-order valence-corrected chi connectivity index (χ0v) is 10.7. The minimum atomic E-state index is -0.868. The number of carboxylic acids is 1. The van der Waals surface area contributed by atoms with E-state index in [1.54, 1.807) is 13.1 Å². The smallest absolute Gasteiger partial charge is 0.323 e. The van der Waals surface area contributed by atoms with Crippen LogP contribution in [0.4, 0.5) is 0 Å². The van der Waals surface area contributed by atoms with Gasteiger partial charge < -0.3 is 15.0 Å². The molecule has 2 N–H and O–H groups in total. The van der Waals surface area contributed by atoms with E-state index in [1.165, 1.54) is 0 Å². The van der Waals surface area contributed by atoms with E-state index in [-0.39, 0.29) is 0 Å².